The van der Waals surface area contributed by atoms with E-state index in [9.17, 15) is 13.2 Å². The van der Waals surface area contributed by atoms with Crippen molar-refractivity contribution < 1.29 is 13.2 Å². The van der Waals surface area contributed by atoms with E-state index in [0.29, 0.717) is 24.2 Å². The smallest absolute Gasteiger partial charge is 0.255 e. The molecule has 6 heteroatoms. The second-order valence-corrected chi connectivity index (χ2v) is 7.85. The van der Waals surface area contributed by atoms with Crippen molar-refractivity contribution in [3.8, 4) is 0 Å². The van der Waals surface area contributed by atoms with Crippen LogP contribution in [0, 0.1) is 0 Å². The standard InChI is InChI=1S/C18H20N2O3S/c21-18(19-17-6-2-1-3-7-17)16-10-8-15(9-11-16)14-24(22,23)20-12-4-5-13-20/h1-3,6-11H,4-5,12-14H2,(H,19,21). The van der Waals surface area contributed by atoms with Gasteiger partial charge in [-0.2, -0.15) is 0 Å². The monoisotopic (exact) mass is 344 g/mol. The number of nitrogens with zero attached hydrogens (tertiary/aromatic N) is 1. The molecular weight excluding hydrogens is 324 g/mol. The minimum atomic E-state index is -3.26. The van der Waals surface area contributed by atoms with E-state index in [0.717, 1.165) is 18.5 Å². The second-order valence-electron chi connectivity index (χ2n) is 5.88. The van der Waals surface area contributed by atoms with E-state index < -0.39 is 10.0 Å². The van der Waals surface area contributed by atoms with Crippen molar-refractivity contribution in [1.82, 2.24) is 4.31 Å². The SMILES string of the molecule is O=C(Nc1ccccc1)c1ccc(CS(=O)(=O)N2CCCC2)cc1. The summed E-state index contributed by atoms with van der Waals surface area (Å²) in [6.07, 6.45) is 1.86. The lowest BCUT2D eigenvalue weighted by Crippen LogP contribution is -2.29. The fourth-order valence-corrected chi connectivity index (χ4v) is 4.36. The number of carbonyl (C=O) groups is 1. The topological polar surface area (TPSA) is 66.5 Å². The van der Waals surface area contributed by atoms with Crippen LogP contribution in [-0.2, 0) is 15.8 Å². The number of rotatable bonds is 5. The van der Waals surface area contributed by atoms with E-state index in [1.54, 1.807) is 28.6 Å². The maximum atomic E-state index is 12.3. The van der Waals surface area contributed by atoms with Gasteiger partial charge in [0.15, 0.2) is 0 Å². The van der Waals surface area contributed by atoms with E-state index in [2.05, 4.69) is 5.32 Å². The number of amides is 1. The first-order chi connectivity index (χ1) is 11.5. The molecule has 1 N–H and O–H groups in total. The average Bonchev–Trinajstić information content (AvgIpc) is 3.11. The Hall–Kier alpha value is -2.18. The minimum absolute atomic E-state index is 0.0203. The van der Waals surface area contributed by atoms with Gasteiger partial charge in [-0.3, -0.25) is 4.79 Å². The highest BCUT2D eigenvalue weighted by molar-refractivity contribution is 7.88. The molecule has 0 radical (unpaired) electrons. The Balaban J connectivity index is 1.66. The molecule has 2 aromatic carbocycles. The molecule has 1 aliphatic heterocycles. The molecule has 1 heterocycles. The summed E-state index contributed by atoms with van der Waals surface area (Å²) in [5, 5.41) is 2.81. The molecule has 1 saturated heterocycles. The number of benzene rings is 2. The van der Waals surface area contributed by atoms with Crippen molar-refractivity contribution in [3.63, 3.8) is 0 Å². The lowest BCUT2D eigenvalue weighted by molar-refractivity contribution is 0.102. The van der Waals surface area contributed by atoms with Crippen LogP contribution in [0.15, 0.2) is 54.6 Å². The highest BCUT2D eigenvalue weighted by Gasteiger charge is 2.25. The Morgan fingerprint density at radius 2 is 1.58 bits per heavy atom. The Labute approximate surface area is 142 Å². The molecule has 24 heavy (non-hydrogen) atoms. The van der Waals surface area contributed by atoms with Gasteiger partial charge in [-0.05, 0) is 42.7 Å². The maximum Gasteiger partial charge on any atom is 0.255 e. The van der Waals surface area contributed by atoms with Gasteiger partial charge in [0.05, 0.1) is 5.75 Å². The van der Waals surface area contributed by atoms with Crippen molar-refractivity contribution in [2.45, 2.75) is 18.6 Å². The Bertz CT molecular complexity index is 796. The fraction of sp³-hybridized carbons (Fsp3) is 0.278. The van der Waals surface area contributed by atoms with Crippen LogP contribution in [0.4, 0.5) is 5.69 Å². The summed E-state index contributed by atoms with van der Waals surface area (Å²) >= 11 is 0. The third-order valence-electron chi connectivity index (χ3n) is 4.06. The number of nitrogens with one attached hydrogen (secondary N) is 1. The first kappa shape index (κ1) is 16.7. The predicted molar refractivity (Wildman–Crippen MR) is 94.3 cm³/mol. The number of para-hydroxylation sites is 1. The van der Waals surface area contributed by atoms with E-state index >= 15 is 0 Å². The molecule has 5 nitrogen and oxygen atoms in total. The predicted octanol–water partition coefficient (Wildman–Crippen LogP) is 2.86. The zero-order valence-electron chi connectivity index (χ0n) is 13.3. The summed E-state index contributed by atoms with van der Waals surface area (Å²) in [6, 6.07) is 15.9. The Morgan fingerprint density at radius 3 is 2.21 bits per heavy atom. The van der Waals surface area contributed by atoms with Gasteiger partial charge >= 0.3 is 0 Å². The second kappa shape index (κ2) is 7.15. The third kappa shape index (κ3) is 4.01. The van der Waals surface area contributed by atoms with E-state index in [-0.39, 0.29) is 11.7 Å². The van der Waals surface area contributed by atoms with Gasteiger partial charge in [0.2, 0.25) is 10.0 Å². The zero-order chi connectivity index (χ0) is 17.0. The Morgan fingerprint density at radius 1 is 0.958 bits per heavy atom. The van der Waals surface area contributed by atoms with Gasteiger partial charge in [0.25, 0.3) is 5.91 Å². The number of anilines is 1. The molecule has 1 aliphatic rings. The normalized spacial score (nSPS) is 15.3. The first-order valence-corrected chi connectivity index (χ1v) is 9.59. The van der Waals surface area contributed by atoms with Gasteiger partial charge in [-0.15, -0.1) is 0 Å². The molecular formula is C18H20N2O3S. The van der Waals surface area contributed by atoms with Crippen LogP contribution in [0.1, 0.15) is 28.8 Å². The third-order valence-corrected chi connectivity index (χ3v) is 5.91. The molecule has 0 spiro atoms. The summed E-state index contributed by atoms with van der Waals surface area (Å²) in [5.74, 6) is -0.233. The van der Waals surface area contributed by atoms with Crippen molar-refractivity contribution in [2.75, 3.05) is 18.4 Å². The first-order valence-electron chi connectivity index (χ1n) is 7.98. The number of hydrogen-bond acceptors (Lipinski definition) is 3. The highest BCUT2D eigenvalue weighted by atomic mass is 32.2. The van der Waals surface area contributed by atoms with Crippen LogP contribution >= 0.6 is 0 Å². The van der Waals surface area contributed by atoms with Crippen molar-refractivity contribution in [2.24, 2.45) is 0 Å². The van der Waals surface area contributed by atoms with E-state index in [1.807, 2.05) is 30.3 Å². The molecule has 0 atom stereocenters. The molecule has 2 aromatic rings. The van der Waals surface area contributed by atoms with Crippen LogP contribution in [0.2, 0.25) is 0 Å². The lowest BCUT2D eigenvalue weighted by atomic mass is 10.1. The number of carbonyl (C=O) groups excluding carboxylic acids is 1. The summed E-state index contributed by atoms with van der Waals surface area (Å²) < 4.78 is 26.2. The fourth-order valence-electron chi connectivity index (χ4n) is 2.75. The van der Waals surface area contributed by atoms with Gasteiger partial charge in [0.1, 0.15) is 0 Å². The van der Waals surface area contributed by atoms with E-state index in [1.165, 1.54) is 0 Å². The zero-order valence-corrected chi connectivity index (χ0v) is 14.1. The maximum absolute atomic E-state index is 12.3. The van der Waals surface area contributed by atoms with Crippen LogP contribution in [0.3, 0.4) is 0 Å². The molecule has 0 saturated carbocycles. The van der Waals surface area contributed by atoms with Crippen molar-refractivity contribution >= 4 is 21.6 Å². The largest absolute Gasteiger partial charge is 0.322 e. The van der Waals surface area contributed by atoms with Crippen molar-refractivity contribution in [1.29, 1.82) is 0 Å². The van der Waals surface area contributed by atoms with Gasteiger partial charge in [0, 0.05) is 24.3 Å². The molecule has 1 fully saturated rings. The number of sulfonamides is 1. The quantitative estimate of drug-likeness (QED) is 0.907. The summed E-state index contributed by atoms with van der Waals surface area (Å²) in [4.78, 5) is 12.2. The van der Waals surface area contributed by atoms with Crippen LogP contribution in [0.5, 0.6) is 0 Å². The van der Waals surface area contributed by atoms with Crippen LogP contribution in [0.25, 0.3) is 0 Å². The summed E-state index contributed by atoms with van der Waals surface area (Å²) in [6.45, 7) is 1.22. The minimum Gasteiger partial charge on any atom is -0.322 e. The highest BCUT2D eigenvalue weighted by Crippen LogP contribution is 2.18. The molecule has 0 bridgehead atoms. The molecule has 0 unspecified atom stereocenters. The van der Waals surface area contributed by atoms with Crippen LogP contribution < -0.4 is 5.32 Å². The molecule has 0 aromatic heterocycles. The number of hydrogen-bond donors (Lipinski definition) is 1. The molecule has 1 amide bonds. The van der Waals surface area contributed by atoms with Crippen molar-refractivity contribution in [3.05, 3.63) is 65.7 Å². The Kier molecular flexibility index (Phi) is 4.97. The van der Waals surface area contributed by atoms with E-state index in [4.69, 9.17) is 0 Å². The lowest BCUT2D eigenvalue weighted by Gasteiger charge is -2.15. The molecule has 126 valence electrons. The summed E-state index contributed by atoms with van der Waals surface area (Å²) in [7, 11) is -3.26. The van der Waals surface area contributed by atoms with Gasteiger partial charge < -0.3 is 5.32 Å². The van der Waals surface area contributed by atoms with Crippen LogP contribution in [-0.4, -0.2) is 31.7 Å². The van der Waals surface area contributed by atoms with Gasteiger partial charge in [-0.25, -0.2) is 12.7 Å². The summed E-state index contributed by atoms with van der Waals surface area (Å²) in [5.41, 5.74) is 1.92. The molecule has 0 aliphatic carbocycles. The van der Waals surface area contributed by atoms with Gasteiger partial charge in [-0.1, -0.05) is 30.3 Å². The average molecular weight is 344 g/mol. The molecule has 3 rings (SSSR count).